The molecule has 2 bridgehead atoms. The Morgan fingerprint density at radius 2 is 2.10 bits per heavy atom. The number of carbonyl (C=O) groups excluding carboxylic acids is 1. The number of hydrogen-bond acceptors (Lipinski definition) is 8. The summed E-state index contributed by atoms with van der Waals surface area (Å²) in [4.78, 5) is 21.0. The number of rotatable bonds is 4. The Morgan fingerprint density at radius 1 is 1.26 bits per heavy atom. The van der Waals surface area contributed by atoms with E-state index in [0.717, 1.165) is 30.5 Å². The van der Waals surface area contributed by atoms with Gasteiger partial charge < -0.3 is 21.4 Å². The van der Waals surface area contributed by atoms with Gasteiger partial charge in [-0.1, -0.05) is 24.4 Å². The third-order valence-electron chi connectivity index (χ3n) is 6.57. The Bertz CT molecular complexity index is 1550. The molecular formula is C27H27ClN10O. The number of amides is 1. The fraction of sp³-hybridized carbons (Fsp3) is 0.259. The van der Waals surface area contributed by atoms with Gasteiger partial charge in [-0.25, -0.2) is 4.98 Å². The molecule has 39 heavy (non-hydrogen) atoms. The van der Waals surface area contributed by atoms with Crippen LogP contribution in [-0.4, -0.2) is 42.1 Å². The summed E-state index contributed by atoms with van der Waals surface area (Å²) in [7, 11) is 0. The Morgan fingerprint density at radius 3 is 2.90 bits per heavy atom. The molecule has 12 heteroatoms. The van der Waals surface area contributed by atoms with Gasteiger partial charge in [0.25, 0.3) is 0 Å². The number of aromatic amines is 1. The summed E-state index contributed by atoms with van der Waals surface area (Å²) < 4.78 is 1.50. The highest BCUT2D eigenvalue weighted by Gasteiger charge is 2.23. The second kappa shape index (κ2) is 11.4. The third-order valence-corrected chi connectivity index (χ3v) is 6.80. The van der Waals surface area contributed by atoms with E-state index < -0.39 is 6.04 Å². The Balaban J connectivity index is 1.44. The lowest BCUT2D eigenvalue weighted by molar-refractivity contribution is -0.117. The number of tetrazole rings is 1. The molecule has 0 fully saturated rings. The third kappa shape index (κ3) is 5.91. The average Bonchev–Trinajstić information content (AvgIpc) is 3.59. The molecule has 0 radical (unpaired) electrons. The number of H-pyrrole nitrogens is 1. The van der Waals surface area contributed by atoms with E-state index in [1.165, 1.54) is 17.1 Å². The fourth-order valence-electron chi connectivity index (χ4n) is 4.67. The van der Waals surface area contributed by atoms with E-state index in [2.05, 4.69) is 49.1 Å². The molecule has 3 heterocycles. The van der Waals surface area contributed by atoms with E-state index in [4.69, 9.17) is 17.3 Å². The van der Waals surface area contributed by atoms with Crippen LogP contribution in [0.15, 0.2) is 48.8 Å². The smallest absolute Gasteiger partial charge is 0.244 e. The van der Waals surface area contributed by atoms with Gasteiger partial charge in [-0.05, 0) is 72.7 Å². The average molecular weight is 543 g/mol. The molecule has 0 saturated heterocycles. The number of hydrogen-bond donors (Lipinski definition) is 4. The highest BCUT2D eigenvalue weighted by molar-refractivity contribution is 6.30. The zero-order valence-electron chi connectivity index (χ0n) is 21.2. The molecule has 5 N–H and O–H groups in total. The predicted molar refractivity (Wildman–Crippen MR) is 149 cm³/mol. The number of nitriles is 1. The van der Waals surface area contributed by atoms with Gasteiger partial charge in [0.2, 0.25) is 5.91 Å². The number of nitrogens with two attached hydrogens (primary N) is 1. The van der Waals surface area contributed by atoms with Crippen molar-refractivity contribution in [3.8, 4) is 23.0 Å². The normalized spacial score (nSPS) is 17.4. The van der Waals surface area contributed by atoms with Crippen LogP contribution in [-0.2, 0) is 4.79 Å². The summed E-state index contributed by atoms with van der Waals surface area (Å²) in [5.41, 5.74) is 10.5. The minimum atomic E-state index is -0.415. The van der Waals surface area contributed by atoms with Gasteiger partial charge in [0, 0.05) is 39.6 Å². The summed E-state index contributed by atoms with van der Waals surface area (Å²) in [6.45, 7) is 2.12. The van der Waals surface area contributed by atoms with E-state index in [9.17, 15) is 10.1 Å². The first-order valence-electron chi connectivity index (χ1n) is 12.6. The molecule has 2 atom stereocenters. The van der Waals surface area contributed by atoms with Crippen LogP contribution < -0.4 is 16.4 Å². The number of imidazole rings is 1. The molecule has 4 aromatic rings. The second-order valence-electron chi connectivity index (χ2n) is 9.44. The number of nitrogen functional groups attached to an aromatic ring is 1. The molecule has 0 saturated carbocycles. The monoisotopic (exact) mass is 542 g/mol. The number of anilines is 2. The van der Waals surface area contributed by atoms with Crippen LogP contribution in [0.3, 0.4) is 0 Å². The highest BCUT2D eigenvalue weighted by Crippen LogP contribution is 2.34. The molecule has 2 aromatic carbocycles. The molecule has 2 aromatic heterocycles. The minimum absolute atomic E-state index is 0.195. The van der Waals surface area contributed by atoms with Crippen molar-refractivity contribution < 1.29 is 4.79 Å². The van der Waals surface area contributed by atoms with Gasteiger partial charge in [-0.15, -0.1) is 5.10 Å². The maximum atomic E-state index is 13.1. The summed E-state index contributed by atoms with van der Waals surface area (Å²) >= 11 is 6.20. The maximum absolute atomic E-state index is 13.1. The van der Waals surface area contributed by atoms with Crippen molar-refractivity contribution in [1.29, 1.82) is 5.26 Å². The van der Waals surface area contributed by atoms with Gasteiger partial charge in [0.1, 0.15) is 18.2 Å². The summed E-state index contributed by atoms with van der Waals surface area (Å²) in [6, 6.07) is 12.7. The van der Waals surface area contributed by atoms with Gasteiger partial charge in [0.05, 0.1) is 17.4 Å². The highest BCUT2D eigenvalue weighted by atomic mass is 35.5. The number of nitrogens with one attached hydrogen (secondary N) is 3. The van der Waals surface area contributed by atoms with Gasteiger partial charge in [0.15, 0.2) is 5.69 Å². The molecule has 2 unspecified atom stereocenters. The van der Waals surface area contributed by atoms with Crippen molar-refractivity contribution in [3.63, 3.8) is 0 Å². The largest absolute Gasteiger partial charge is 0.399 e. The fourth-order valence-corrected chi connectivity index (χ4v) is 4.85. The minimum Gasteiger partial charge on any atom is -0.399 e. The van der Waals surface area contributed by atoms with Crippen LogP contribution in [0.1, 0.15) is 55.7 Å². The molecule has 5 rings (SSSR count). The maximum Gasteiger partial charge on any atom is 0.244 e. The summed E-state index contributed by atoms with van der Waals surface area (Å²) in [6.07, 6.45) is 7.98. The van der Waals surface area contributed by atoms with E-state index in [-0.39, 0.29) is 17.6 Å². The van der Waals surface area contributed by atoms with Gasteiger partial charge in [-0.2, -0.15) is 9.94 Å². The van der Waals surface area contributed by atoms with E-state index in [1.54, 1.807) is 30.3 Å². The summed E-state index contributed by atoms with van der Waals surface area (Å²) in [5.74, 6) is 0.214. The first kappa shape index (κ1) is 25.9. The van der Waals surface area contributed by atoms with Crippen LogP contribution in [0, 0.1) is 11.3 Å². The summed E-state index contributed by atoms with van der Waals surface area (Å²) in [5, 5.41) is 28.2. The molecule has 198 valence electrons. The Hall–Kier alpha value is -4.69. The number of benzene rings is 2. The quantitative estimate of drug-likeness (QED) is 0.217. The SMILES string of the molecule is CC1CCCCC(NC(=O)C=Cc2cc(Cl)ccc2-n2cnnn2)c2nc(C#N)c([nH]2)-c2ccc(N)cc2N1. The Labute approximate surface area is 230 Å². The van der Waals surface area contributed by atoms with Crippen molar-refractivity contribution >= 4 is 35.0 Å². The molecule has 1 amide bonds. The molecule has 1 aliphatic rings. The number of fused-ring (bicyclic) bond motifs is 4. The van der Waals surface area contributed by atoms with E-state index in [1.807, 2.05) is 12.1 Å². The topological polar surface area (TPSA) is 163 Å². The van der Waals surface area contributed by atoms with Crippen LogP contribution in [0.5, 0.6) is 0 Å². The lowest BCUT2D eigenvalue weighted by atomic mass is 10.0. The Kier molecular flexibility index (Phi) is 7.56. The van der Waals surface area contributed by atoms with Crippen LogP contribution in [0.4, 0.5) is 11.4 Å². The zero-order chi connectivity index (χ0) is 27.4. The second-order valence-corrected chi connectivity index (χ2v) is 9.88. The van der Waals surface area contributed by atoms with Crippen molar-refractivity contribution in [2.45, 2.75) is 44.7 Å². The number of halogens is 1. The zero-order valence-corrected chi connectivity index (χ0v) is 22.0. The number of carbonyl (C=O) groups is 1. The lowest BCUT2D eigenvalue weighted by Crippen LogP contribution is -2.28. The van der Waals surface area contributed by atoms with Gasteiger partial charge >= 0.3 is 0 Å². The van der Waals surface area contributed by atoms with E-state index >= 15 is 0 Å². The van der Waals surface area contributed by atoms with Crippen LogP contribution in [0.2, 0.25) is 5.02 Å². The van der Waals surface area contributed by atoms with Crippen molar-refractivity contribution in [3.05, 3.63) is 70.9 Å². The number of nitrogens with zero attached hydrogens (tertiary/aromatic N) is 6. The standard InChI is InChI=1S/C27H27ClN10O/c1-16-4-2-3-5-21(27-34-23(14-29)26(35-27)20-9-8-19(30)13-22(20)32-16)33-25(39)11-6-17-12-18(28)7-10-24(17)38-15-31-36-37-38/h6-13,15-16,21,32H,2-5,30H2,1H3,(H,33,39)(H,34,35). The molecule has 1 aliphatic heterocycles. The lowest BCUT2D eigenvalue weighted by Gasteiger charge is -2.20. The molecule has 11 nitrogen and oxygen atoms in total. The van der Waals surface area contributed by atoms with Crippen molar-refractivity contribution in [2.75, 3.05) is 11.1 Å². The first-order valence-corrected chi connectivity index (χ1v) is 13.0. The first-order chi connectivity index (χ1) is 18.9. The molecular weight excluding hydrogens is 516 g/mol. The van der Waals surface area contributed by atoms with E-state index in [0.29, 0.717) is 39.9 Å². The van der Waals surface area contributed by atoms with Gasteiger partial charge in [-0.3, -0.25) is 4.79 Å². The van der Waals surface area contributed by atoms with Crippen LogP contribution in [0.25, 0.3) is 23.0 Å². The van der Waals surface area contributed by atoms with Crippen molar-refractivity contribution in [2.24, 2.45) is 0 Å². The van der Waals surface area contributed by atoms with Crippen LogP contribution >= 0.6 is 11.6 Å². The molecule has 0 spiro atoms. The predicted octanol–water partition coefficient (Wildman–Crippen LogP) is 4.40. The number of aromatic nitrogens is 6. The molecule has 0 aliphatic carbocycles. The van der Waals surface area contributed by atoms with Crippen molar-refractivity contribution in [1.82, 2.24) is 35.5 Å².